The van der Waals surface area contributed by atoms with Crippen LogP contribution in [0.1, 0.15) is 18.5 Å². The number of nitrogens with one attached hydrogen (secondary N) is 1. The summed E-state index contributed by atoms with van der Waals surface area (Å²) < 4.78 is 23.5. The maximum Gasteiger partial charge on any atom is 0.177 e. The van der Waals surface area contributed by atoms with Gasteiger partial charge in [-0.2, -0.15) is 0 Å². The number of phenolic OH excluding ortho intramolecular Hbond substituents is 1. The van der Waals surface area contributed by atoms with E-state index in [4.69, 9.17) is 0 Å². The Morgan fingerprint density at radius 2 is 1.80 bits per heavy atom. The van der Waals surface area contributed by atoms with Gasteiger partial charge >= 0.3 is 0 Å². The van der Waals surface area contributed by atoms with Gasteiger partial charge in [0, 0.05) is 12.3 Å². The Morgan fingerprint density at radius 1 is 1.10 bits per heavy atom. The first kappa shape index (κ1) is 14.4. The SMILES string of the molecule is CC(Nc1ccccc1S(C)(=O)=O)c1cccc(O)c1. The molecule has 1 atom stereocenters. The summed E-state index contributed by atoms with van der Waals surface area (Å²) >= 11 is 0. The van der Waals surface area contributed by atoms with Crippen LogP contribution in [0, 0.1) is 0 Å². The van der Waals surface area contributed by atoms with Crippen molar-refractivity contribution in [1.29, 1.82) is 0 Å². The highest BCUT2D eigenvalue weighted by molar-refractivity contribution is 7.90. The number of benzene rings is 2. The average Bonchev–Trinajstić information content (AvgIpc) is 2.38. The third kappa shape index (κ3) is 3.30. The second-order valence-corrected chi connectivity index (χ2v) is 6.71. The Kier molecular flexibility index (Phi) is 3.99. The molecule has 0 spiro atoms. The summed E-state index contributed by atoms with van der Waals surface area (Å²) in [5.41, 5.74) is 1.44. The van der Waals surface area contributed by atoms with Crippen LogP contribution in [0.15, 0.2) is 53.4 Å². The van der Waals surface area contributed by atoms with Gasteiger partial charge in [0.1, 0.15) is 5.75 Å². The Morgan fingerprint density at radius 3 is 2.45 bits per heavy atom. The molecule has 2 N–H and O–H groups in total. The summed E-state index contributed by atoms with van der Waals surface area (Å²) in [4.78, 5) is 0.270. The van der Waals surface area contributed by atoms with Crippen molar-refractivity contribution in [2.45, 2.75) is 17.9 Å². The van der Waals surface area contributed by atoms with Gasteiger partial charge < -0.3 is 10.4 Å². The van der Waals surface area contributed by atoms with Crippen LogP contribution < -0.4 is 5.32 Å². The molecule has 1 unspecified atom stereocenters. The van der Waals surface area contributed by atoms with Gasteiger partial charge in [-0.15, -0.1) is 0 Å². The summed E-state index contributed by atoms with van der Waals surface area (Å²) in [6.45, 7) is 1.91. The number of anilines is 1. The monoisotopic (exact) mass is 291 g/mol. The van der Waals surface area contributed by atoms with Gasteiger partial charge in [-0.25, -0.2) is 8.42 Å². The molecule has 0 radical (unpaired) electrons. The highest BCUT2D eigenvalue weighted by Gasteiger charge is 2.14. The Hall–Kier alpha value is -2.01. The van der Waals surface area contributed by atoms with E-state index in [-0.39, 0.29) is 16.7 Å². The van der Waals surface area contributed by atoms with Crippen molar-refractivity contribution in [1.82, 2.24) is 0 Å². The molecule has 0 aliphatic heterocycles. The molecule has 106 valence electrons. The van der Waals surface area contributed by atoms with Gasteiger partial charge in [-0.1, -0.05) is 24.3 Å². The predicted octanol–water partition coefficient (Wildman–Crippen LogP) is 2.97. The van der Waals surface area contributed by atoms with Crippen molar-refractivity contribution >= 4 is 15.5 Å². The summed E-state index contributed by atoms with van der Waals surface area (Å²) in [6.07, 6.45) is 1.19. The molecule has 2 aromatic rings. The number of hydrogen-bond acceptors (Lipinski definition) is 4. The van der Waals surface area contributed by atoms with Crippen LogP contribution in [0.3, 0.4) is 0 Å². The molecular weight excluding hydrogens is 274 g/mol. The molecule has 4 nitrogen and oxygen atoms in total. The quantitative estimate of drug-likeness (QED) is 0.909. The van der Waals surface area contributed by atoms with Crippen LogP contribution in [-0.2, 0) is 9.84 Å². The number of aromatic hydroxyl groups is 1. The number of hydrogen-bond donors (Lipinski definition) is 2. The molecule has 0 saturated heterocycles. The van der Waals surface area contributed by atoms with E-state index in [0.717, 1.165) is 5.56 Å². The molecule has 0 bridgehead atoms. The van der Waals surface area contributed by atoms with E-state index in [1.165, 1.54) is 6.26 Å². The zero-order chi connectivity index (χ0) is 14.8. The minimum absolute atomic E-state index is 0.120. The van der Waals surface area contributed by atoms with Gasteiger partial charge in [-0.3, -0.25) is 0 Å². The fourth-order valence-electron chi connectivity index (χ4n) is 2.02. The van der Waals surface area contributed by atoms with Crippen LogP contribution in [0.5, 0.6) is 5.75 Å². The lowest BCUT2D eigenvalue weighted by atomic mass is 10.1. The van der Waals surface area contributed by atoms with Crippen LogP contribution in [-0.4, -0.2) is 19.8 Å². The summed E-state index contributed by atoms with van der Waals surface area (Å²) in [7, 11) is -3.28. The Bertz CT molecular complexity index is 711. The molecule has 5 heteroatoms. The summed E-state index contributed by atoms with van der Waals surface area (Å²) in [5.74, 6) is 0.188. The normalized spacial score (nSPS) is 12.9. The first-order valence-electron chi connectivity index (χ1n) is 6.22. The van der Waals surface area contributed by atoms with Crippen LogP contribution >= 0.6 is 0 Å². The van der Waals surface area contributed by atoms with Crippen LogP contribution in [0.4, 0.5) is 5.69 Å². The molecule has 2 aromatic carbocycles. The first-order valence-corrected chi connectivity index (χ1v) is 8.11. The van der Waals surface area contributed by atoms with E-state index >= 15 is 0 Å². The summed E-state index contributed by atoms with van der Waals surface area (Å²) in [5, 5.41) is 12.7. The van der Waals surface area contributed by atoms with Gasteiger partial charge in [-0.05, 0) is 36.8 Å². The van der Waals surface area contributed by atoms with Crippen LogP contribution in [0.2, 0.25) is 0 Å². The largest absolute Gasteiger partial charge is 0.508 e. The molecule has 20 heavy (non-hydrogen) atoms. The summed E-state index contributed by atoms with van der Waals surface area (Å²) in [6, 6.07) is 13.5. The lowest BCUT2D eigenvalue weighted by Gasteiger charge is -2.18. The van der Waals surface area contributed by atoms with Crippen molar-refractivity contribution in [3.8, 4) is 5.75 Å². The number of para-hydroxylation sites is 1. The molecule has 0 fully saturated rings. The Labute approximate surface area is 119 Å². The molecule has 0 aromatic heterocycles. The minimum atomic E-state index is -3.28. The number of phenols is 1. The third-order valence-corrected chi connectivity index (χ3v) is 4.18. The fourth-order valence-corrected chi connectivity index (χ4v) is 2.87. The van der Waals surface area contributed by atoms with E-state index in [1.807, 2.05) is 13.0 Å². The van der Waals surface area contributed by atoms with Crippen molar-refractivity contribution in [3.63, 3.8) is 0 Å². The molecule has 2 rings (SSSR count). The second kappa shape index (κ2) is 5.54. The highest BCUT2D eigenvalue weighted by atomic mass is 32.2. The zero-order valence-corrected chi connectivity index (χ0v) is 12.2. The zero-order valence-electron chi connectivity index (χ0n) is 11.4. The third-order valence-electron chi connectivity index (χ3n) is 3.03. The maximum absolute atomic E-state index is 11.7. The molecule has 0 amide bonds. The average molecular weight is 291 g/mol. The number of sulfone groups is 1. The standard InChI is InChI=1S/C15H17NO3S/c1-11(12-6-5-7-13(17)10-12)16-14-8-3-4-9-15(14)20(2,18)19/h3-11,16-17H,1-2H3. The van der Waals surface area contributed by atoms with E-state index < -0.39 is 9.84 Å². The Balaban J connectivity index is 2.31. The van der Waals surface area contributed by atoms with E-state index in [9.17, 15) is 13.5 Å². The van der Waals surface area contributed by atoms with Gasteiger partial charge in [0.05, 0.1) is 10.6 Å². The molecule has 0 heterocycles. The molecule has 0 saturated carbocycles. The number of rotatable bonds is 4. The highest BCUT2D eigenvalue weighted by Crippen LogP contribution is 2.26. The molecular formula is C15H17NO3S. The van der Waals surface area contributed by atoms with Crippen molar-refractivity contribution in [2.24, 2.45) is 0 Å². The maximum atomic E-state index is 11.7. The first-order chi connectivity index (χ1) is 9.38. The van der Waals surface area contributed by atoms with Gasteiger partial charge in [0.25, 0.3) is 0 Å². The van der Waals surface area contributed by atoms with E-state index in [2.05, 4.69) is 5.32 Å². The molecule has 0 aliphatic carbocycles. The topological polar surface area (TPSA) is 66.4 Å². The fraction of sp³-hybridized carbons (Fsp3) is 0.200. The lowest BCUT2D eigenvalue weighted by molar-refractivity contribution is 0.474. The predicted molar refractivity (Wildman–Crippen MR) is 79.7 cm³/mol. The van der Waals surface area contributed by atoms with Gasteiger partial charge in [0.2, 0.25) is 0 Å². The van der Waals surface area contributed by atoms with Crippen molar-refractivity contribution in [3.05, 3.63) is 54.1 Å². The van der Waals surface area contributed by atoms with Crippen LogP contribution in [0.25, 0.3) is 0 Å². The van der Waals surface area contributed by atoms with Crippen molar-refractivity contribution in [2.75, 3.05) is 11.6 Å². The second-order valence-electron chi connectivity index (χ2n) is 4.73. The van der Waals surface area contributed by atoms with Crippen molar-refractivity contribution < 1.29 is 13.5 Å². The van der Waals surface area contributed by atoms with E-state index in [0.29, 0.717) is 5.69 Å². The minimum Gasteiger partial charge on any atom is -0.508 e. The smallest absolute Gasteiger partial charge is 0.177 e. The van der Waals surface area contributed by atoms with Gasteiger partial charge in [0.15, 0.2) is 9.84 Å². The van der Waals surface area contributed by atoms with E-state index in [1.54, 1.807) is 42.5 Å². The molecule has 0 aliphatic rings. The lowest BCUT2D eigenvalue weighted by Crippen LogP contribution is -2.10.